The molecule has 0 radical (unpaired) electrons. The number of rotatable bonds is 2. The average molecular weight is 321 g/mol. The maximum Gasteiger partial charge on any atom is 0.261 e. The molecule has 0 fully saturated rings. The van der Waals surface area contributed by atoms with Crippen LogP contribution in [0.3, 0.4) is 0 Å². The summed E-state index contributed by atoms with van der Waals surface area (Å²) in [4.78, 5) is 21.7. The van der Waals surface area contributed by atoms with Gasteiger partial charge in [0, 0.05) is 13.5 Å². The Morgan fingerprint density at radius 3 is 2.78 bits per heavy atom. The van der Waals surface area contributed by atoms with Crippen LogP contribution in [-0.4, -0.2) is 14.6 Å². The predicted octanol–water partition coefficient (Wildman–Crippen LogP) is 3.45. The van der Waals surface area contributed by atoms with Crippen molar-refractivity contribution in [2.45, 2.75) is 12.2 Å². The van der Waals surface area contributed by atoms with Gasteiger partial charge in [0.15, 0.2) is 0 Å². The number of fused-ring (bicyclic) bond motifs is 2. The number of para-hydroxylation sites is 2. The van der Waals surface area contributed by atoms with Crippen molar-refractivity contribution in [3.05, 3.63) is 70.3 Å². The van der Waals surface area contributed by atoms with Gasteiger partial charge >= 0.3 is 0 Å². The summed E-state index contributed by atoms with van der Waals surface area (Å²) in [5, 5.41) is 1.74. The normalized spacial score (nSPS) is 13.2. The molecule has 0 atom stereocenters. The Balaban J connectivity index is 1.60. The molecule has 0 spiro atoms. The first kappa shape index (κ1) is 14.2. The van der Waals surface area contributed by atoms with Crippen LogP contribution in [-0.2, 0) is 19.2 Å². The van der Waals surface area contributed by atoms with E-state index in [1.165, 1.54) is 5.56 Å². The highest BCUT2D eigenvalue weighted by Crippen LogP contribution is 2.30. The summed E-state index contributed by atoms with van der Waals surface area (Å²) >= 11 is 1.65. The van der Waals surface area contributed by atoms with E-state index in [9.17, 15) is 4.79 Å². The standard InChI is InChI=1S/C18H15N3OS/c1-21-16(19-15-9-5-3-7-13(15)18(21)22)11-23-17-10-12-6-2-4-8-14(12)20-17/h2-9H,10-11H2,1H3. The van der Waals surface area contributed by atoms with Crippen LogP contribution in [0.1, 0.15) is 11.4 Å². The van der Waals surface area contributed by atoms with E-state index in [2.05, 4.69) is 16.0 Å². The molecule has 0 saturated heterocycles. The molecule has 0 saturated carbocycles. The minimum atomic E-state index is 0.00264. The van der Waals surface area contributed by atoms with Crippen LogP contribution < -0.4 is 5.56 Å². The van der Waals surface area contributed by atoms with Crippen LogP contribution in [0.5, 0.6) is 0 Å². The smallest absolute Gasteiger partial charge is 0.261 e. The molecule has 23 heavy (non-hydrogen) atoms. The Bertz CT molecular complexity index is 991. The zero-order chi connectivity index (χ0) is 15.8. The summed E-state index contributed by atoms with van der Waals surface area (Å²) in [6.07, 6.45) is 0.863. The first-order chi connectivity index (χ1) is 11.2. The molecule has 2 heterocycles. The SMILES string of the molecule is Cn1c(CSC2=Nc3ccccc3C2)nc2ccccc2c1=O. The number of aliphatic imine (C=N–C) groups is 1. The van der Waals surface area contributed by atoms with E-state index < -0.39 is 0 Å². The van der Waals surface area contributed by atoms with E-state index in [-0.39, 0.29) is 5.56 Å². The molecule has 0 bridgehead atoms. The predicted molar refractivity (Wildman–Crippen MR) is 95.5 cm³/mol. The Morgan fingerprint density at radius 1 is 1.13 bits per heavy atom. The Morgan fingerprint density at radius 2 is 1.91 bits per heavy atom. The highest BCUT2D eigenvalue weighted by Gasteiger charge is 2.15. The average Bonchev–Trinajstić information content (AvgIpc) is 3.00. The molecule has 1 aliphatic heterocycles. The lowest BCUT2D eigenvalue weighted by molar-refractivity contribution is 0.786. The highest BCUT2D eigenvalue weighted by molar-refractivity contribution is 8.13. The van der Waals surface area contributed by atoms with Crippen LogP contribution in [0.2, 0.25) is 0 Å². The minimum Gasteiger partial charge on any atom is -0.299 e. The number of aromatic nitrogens is 2. The minimum absolute atomic E-state index is 0.00264. The van der Waals surface area contributed by atoms with Crippen LogP contribution >= 0.6 is 11.8 Å². The quantitative estimate of drug-likeness (QED) is 0.726. The molecule has 0 aliphatic carbocycles. The molecule has 1 aliphatic rings. The van der Waals surface area contributed by atoms with Crippen LogP contribution in [0.25, 0.3) is 10.9 Å². The largest absolute Gasteiger partial charge is 0.299 e. The van der Waals surface area contributed by atoms with E-state index in [4.69, 9.17) is 0 Å². The van der Waals surface area contributed by atoms with Crippen LogP contribution in [0.4, 0.5) is 5.69 Å². The van der Waals surface area contributed by atoms with Crippen molar-refractivity contribution in [2.24, 2.45) is 12.0 Å². The summed E-state index contributed by atoms with van der Waals surface area (Å²) in [6, 6.07) is 15.7. The van der Waals surface area contributed by atoms with Crippen LogP contribution in [0.15, 0.2) is 58.3 Å². The summed E-state index contributed by atoms with van der Waals surface area (Å²) in [5.41, 5.74) is 3.07. The van der Waals surface area contributed by atoms with Gasteiger partial charge in [0.2, 0.25) is 0 Å². The number of thioether (sulfide) groups is 1. The van der Waals surface area contributed by atoms with Gasteiger partial charge in [-0.15, -0.1) is 11.8 Å². The summed E-state index contributed by atoms with van der Waals surface area (Å²) < 4.78 is 1.64. The third-order valence-electron chi connectivity index (χ3n) is 4.02. The second-order valence-corrected chi connectivity index (χ2v) is 6.56. The Hall–Kier alpha value is -2.40. The topological polar surface area (TPSA) is 47.2 Å². The lowest BCUT2D eigenvalue weighted by Gasteiger charge is -2.08. The molecule has 114 valence electrons. The summed E-state index contributed by atoms with van der Waals surface area (Å²) in [7, 11) is 1.78. The molecule has 0 N–H and O–H groups in total. The molecule has 5 heteroatoms. The lowest BCUT2D eigenvalue weighted by Crippen LogP contribution is -2.22. The van der Waals surface area contributed by atoms with E-state index in [0.29, 0.717) is 11.1 Å². The molecule has 4 rings (SSSR count). The maximum absolute atomic E-state index is 12.4. The van der Waals surface area contributed by atoms with Crippen LogP contribution in [0, 0.1) is 0 Å². The van der Waals surface area contributed by atoms with Gasteiger partial charge in [0.1, 0.15) is 5.82 Å². The van der Waals surface area contributed by atoms with E-state index >= 15 is 0 Å². The van der Waals surface area contributed by atoms with Gasteiger partial charge in [-0.05, 0) is 23.8 Å². The lowest BCUT2D eigenvalue weighted by atomic mass is 10.2. The summed E-state index contributed by atoms with van der Waals surface area (Å²) in [5.74, 6) is 1.42. The molecule has 1 aromatic heterocycles. The van der Waals surface area contributed by atoms with Crippen molar-refractivity contribution >= 4 is 33.4 Å². The molecule has 3 aromatic rings. The zero-order valence-electron chi connectivity index (χ0n) is 12.7. The van der Waals surface area contributed by atoms with Gasteiger partial charge in [-0.25, -0.2) is 9.98 Å². The van der Waals surface area contributed by atoms with Crippen molar-refractivity contribution in [3.8, 4) is 0 Å². The van der Waals surface area contributed by atoms with Crippen molar-refractivity contribution in [1.29, 1.82) is 0 Å². The Kier molecular flexibility index (Phi) is 3.50. The third kappa shape index (κ3) is 2.57. The summed E-state index contributed by atoms with van der Waals surface area (Å²) in [6.45, 7) is 0. The molecule has 2 aromatic carbocycles. The van der Waals surface area contributed by atoms with E-state index in [0.717, 1.165) is 28.5 Å². The highest BCUT2D eigenvalue weighted by atomic mass is 32.2. The van der Waals surface area contributed by atoms with Gasteiger partial charge in [-0.2, -0.15) is 0 Å². The molecule has 0 unspecified atom stereocenters. The monoisotopic (exact) mass is 321 g/mol. The maximum atomic E-state index is 12.4. The zero-order valence-corrected chi connectivity index (χ0v) is 13.5. The number of hydrogen-bond acceptors (Lipinski definition) is 4. The number of hydrogen-bond donors (Lipinski definition) is 0. The molecular formula is C18H15N3OS. The third-order valence-corrected chi connectivity index (χ3v) is 4.99. The van der Waals surface area contributed by atoms with Gasteiger partial charge in [-0.3, -0.25) is 9.36 Å². The Labute approximate surface area is 137 Å². The van der Waals surface area contributed by atoms with Gasteiger partial charge < -0.3 is 0 Å². The van der Waals surface area contributed by atoms with E-state index in [1.807, 2.05) is 42.5 Å². The van der Waals surface area contributed by atoms with Gasteiger partial charge in [-0.1, -0.05) is 30.3 Å². The first-order valence-electron chi connectivity index (χ1n) is 7.45. The second kappa shape index (κ2) is 5.66. The molecule has 0 amide bonds. The number of nitrogens with zero attached hydrogens (tertiary/aromatic N) is 3. The first-order valence-corrected chi connectivity index (χ1v) is 8.44. The van der Waals surface area contributed by atoms with E-state index in [1.54, 1.807) is 23.4 Å². The number of benzene rings is 2. The van der Waals surface area contributed by atoms with Gasteiger partial charge in [0.05, 0.1) is 27.4 Å². The second-order valence-electron chi connectivity index (χ2n) is 5.51. The molecule has 4 nitrogen and oxygen atoms in total. The van der Waals surface area contributed by atoms with Crippen molar-refractivity contribution in [1.82, 2.24) is 9.55 Å². The van der Waals surface area contributed by atoms with Gasteiger partial charge in [0.25, 0.3) is 5.56 Å². The van der Waals surface area contributed by atoms with Crippen molar-refractivity contribution in [2.75, 3.05) is 0 Å². The molecular weight excluding hydrogens is 306 g/mol. The van der Waals surface area contributed by atoms with Crippen molar-refractivity contribution < 1.29 is 0 Å². The fourth-order valence-corrected chi connectivity index (χ4v) is 3.70. The fourth-order valence-electron chi connectivity index (χ4n) is 2.73. The van der Waals surface area contributed by atoms with Crippen molar-refractivity contribution in [3.63, 3.8) is 0 Å². The fraction of sp³-hybridized carbons (Fsp3) is 0.167.